The van der Waals surface area contributed by atoms with Crippen molar-refractivity contribution in [2.24, 2.45) is 0 Å². The maximum atomic E-state index is 12.2. The summed E-state index contributed by atoms with van der Waals surface area (Å²) in [6, 6.07) is 9.91. The summed E-state index contributed by atoms with van der Waals surface area (Å²) in [6.07, 6.45) is 0.235. The fourth-order valence-corrected chi connectivity index (χ4v) is 4.33. The van der Waals surface area contributed by atoms with Crippen LogP contribution in [0.5, 0.6) is 0 Å². The summed E-state index contributed by atoms with van der Waals surface area (Å²) in [5, 5.41) is 5.83. The van der Waals surface area contributed by atoms with Gasteiger partial charge in [0.25, 0.3) is 0 Å². The fourth-order valence-electron chi connectivity index (χ4n) is 2.68. The van der Waals surface area contributed by atoms with E-state index in [9.17, 15) is 9.59 Å². The molecule has 28 heavy (non-hydrogen) atoms. The van der Waals surface area contributed by atoms with Crippen LogP contribution < -0.4 is 5.32 Å². The number of ketones is 1. The Kier molecular flexibility index (Phi) is 6.59. The number of hydrogen-bond donors (Lipinski definition) is 1. The second-order valence-electron chi connectivity index (χ2n) is 6.55. The third-order valence-corrected chi connectivity index (χ3v) is 5.91. The van der Waals surface area contributed by atoms with Crippen molar-refractivity contribution in [3.8, 4) is 0 Å². The Labute approximate surface area is 172 Å². The summed E-state index contributed by atoms with van der Waals surface area (Å²) in [5.41, 5.74) is 3.55. The van der Waals surface area contributed by atoms with Crippen molar-refractivity contribution in [1.29, 1.82) is 0 Å². The van der Waals surface area contributed by atoms with Crippen LogP contribution in [-0.2, 0) is 16.1 Å². The molecule has 0 fully saturated rings. The molecular weight excluding hydrogens is 392 g/mol. The van der Waals surface area contributed by atoms with Crippen LogP contribution in [0.1, 0.15) is 44.2 Å². The van der Waals surface area contributed by atoms with Crippen LogP contribution in [0.2, 0.25) is 0 Å². The van der Waals surface area contributed by atoms with Crippen LogP contribution in [0.3, 0.4) is 0 Å². The first-order chi connectivity index (χ1) is 13.4. The van der Waals surface area contributed by atoms with Gasteiger partial charge in [0.1, 0.15) is 6.61 Å². The lowest BCUT2D eigenvalue weighted by Gasteiger charge is -2.04. The van der Waals surface area contributed by atoms with Crippen molar-refractivity contribution in [3.05, 3.63) is 62.3 Å². The van der Waals surface area contributed by atoms with Gasteiger partial charge in [-0.25, -0.2) is 4.98 Å². The van der Waals surface area contributed by atoms with E-state index in [2.05, 4.69) is 10.3 Å². The molecule has 0 aliphatic rings. The number of thiazole rings is 1. The highest BCUT2D eigenvalue weighted by Gasteiger charge is 2.15. The number of carbonyl (C=O) groups excluding carboxylic acids is 2. The van der Waals surface area contributed by atoms with Gasteiger partial charge in [0.05, 0.1) is 12.1 Å². The van der Waals surface area contributed by atoms with E-state index >= 15 is 0 Å². The number of hydrogen-bond acceptors (Lipinski definition) is 7. The number of aromatic nitrogens is 1. The number of aryl methyl sites for hydroxylation is 3. The van der Waals surface area contributed by atoms with Crippen LogP contribution >= 0.6 is 22.7 Å². The van der Waals surface area contributed by atoms with Gasteiger partial charge in [0, 0.05) is 32.8 Å². The highest BCUT2D eigenvalue weighted by molar-refractivity contribution is 7.13. The van der Waals surface area contributed by atoms with Gasteiger partial charge in [-0.15, -0.1) is 22.7 Å². The molecule has 0 amide bonds. The first-order valence-corrected chi connectivity index (χ1v) is 10.6. The van der Waals surface area contributed by atoms with Crippen LogP contribution in [-0.4, -0.2) is 16.7 Å². The highest BCUT2D eigenvalue weighted by atomic mass is 32.1. The smallest absolute Gasteiger partial charge is 0.306 e. The zero-order valence-electron chi connectivity index (χ0n) is 16.1. The van der Waals surface area contributed by atoms with E-state index in [0.717, 1.165) is 20.6 Å². The maximum absolute atomic E-state index is 12.2. The zero-order valence-corrected chi connectivity index (χ0v) is 17.7. The lowest BCUT2D eigenvalue weighted by molar-refractivity contribution is -0.145. The van der Waals surface area contributed by atoms with Crippen molar-refractivity contribution in [1.82, 2.24) is 4.98 Å². The van der Waals surface area contributed by atoms with E-state index in [-0.39, 0.29) is 31.2 Å². The third kappa shape index (κ3) is 5.50. The minimum atomic E-state index is -0.390. The molecule has 0 saturated carbocycles. The first kappa shape index (κ1) is 20.2. The van der Waals surface area contributed by atoms with Gasteiger partial charge >= 0.3 is 5.97 Å². The van der Waals surface area contributed by atoms with E-state index < -0.39 is 0 Å². The quantitative estimate of drug-likeness (QED) is 0.385. The van der Waals surface area contributed by atoms with Crippen LogP contribution in [0.15, 0.2) is 35.7 Å². The topological polar surface area (TPSA) is 68.3 Å². The highest BCUT2D eigenvalue weighted by Crippen LogP contribution is 2.23. The third-order valence-electron chi connectivity index (χ3n) is 4.13. The van der Waals surface area contributed by atoms with E-state index in [0.29, 0.717) is 11.3 Å². The number of ether oxygens (including phenoxy) is 1. The van der Waals surface area contributed by atoms with Crippen molar-refractivity contribution >= 4 is 45.2 Å². The van der Waals surface area contributed by atoms with Crippen LogP contribution in [0, 0.1) is 20.8 Å². The summed E-state index contributed by atoms with van der Waals surface area (Å²) >= 11 is 3.05. The number of nitrogens with zero attached hydrogens (tertiary/aromatic N) is 1. The van der Waals surface area contributed by atoms with Crippen molar-refractivity contribution < 1.29 is 14.3 Å². The molecule has 3 rings (SSSR count). The Hall–Kier alpha value is -2.51. The lowest BCUT2D eigenvalue weighted by atomic mass is 10.1. The zero-order chi connectivity index (χ0) is 20.1. The SMILES string of the molecule is Cc1ccc(Nc2nc(COC(=O)CCC(=O)c3cc(C)sc3C)cs2)cc1. The van der Waals surface area contributed by atoms with Crippen molar-refractivity contribution in [2.45, 2.75) is 40.2 Å². The first-order valence-electron chi connectivity index (χ1n) is 8.94. The van der Waals surface area contributed by atoms with Gasteiger partial charge in [-0.05, 0) is 39.0 Å². The number of Topliss-reactive ketones (excluding diaryl/α,β-unsaturated/α-hetero) is 1. The Bertz CT molecular complexity index is 974. The maximum Gasteiger partial charge on any atom is 0.306 e. The van der Waals surface area contributed by atoms with Gasteiger partial charge in [0.2, 0.25) is 0 Å². The molecular formula is C21H22N2O3S2. The molecule has 7 heteroatoms. The Morgan fingerprint density at radius 1 is 1.11 bits per heavy atom. The number of anilines is 2. The van der Waals surface area contributed by atoms with E-state index in [1.807, 2.05) is 56.5 Å². The molecule has 5 nitrogen and oxygen atoms in total. The average molecular weight is 415 g/mol. The molecule has 0 atom stereocenters. The molecule has 0 aliphatic carbocycles. The summed E-state index contributed by atoms with van der Waals surface area (Å²) in [4.78, 5) is 30.7. The Morgan fingerprint density at radius 2 is 1.86 bits per heavy atom. The molecule has 3 aromatic rings. The van der Waals surface area contributed by atoms with Crippen LogP contribution in [0.25, 0.3) is 0 Å². The predicted molar refractivity (Wildman–Crippen MR) is 114 cm³/mol. The van der Waals surface area contributed by atoms with E-state index in [4.69, 9.17) is 4.74 Å². The molecule has 0 bridgehead atoms. The summed E-state index contributed by atoms with van der Waals surface area (Å²) in [6.45, 7) is 6.04. The molecule has 146 valence electrons. The Morgan fingerprint density at radius 3 is 2.54 bits per heavy atom. The molecule has 2 aromatic heterocycles. The second-order valence-corrected chi connectivity index (χ2v) is 8.86. The standard InChI is InChI=1S/C21H22N2O3S2/c1-13-4-6-16(7-5-13)22-21-23-17(12-27-21)11-26-20(25)9-8-19(24)18-10-14(2)28-15(18)3/h4-7,10,12H,8-9,11H2,1-3H3,(H,22,23). The Balaban J connectivity index is 1.44. The molecule has 0 saturated heterocycles. The van der Waals surface area contributed by atoms with Gasteiger partial charge < -0.3 is 10.1 Å². The minimum Gasteiger partial charge on any atom is -0.459 e. The monoisotopic (exact) mass is 414 g/mol. The van der Waals surface area contributed by atoms with Gasteiger partial charge in [-0.3, -0.25) is 9.59 Å². The fraction of sp³-hybridized carbons (Fsp3) is 0.286. The molecule has 0 unspecified atom stereocenters. The number of thiophene rings is 1. The predicted octanol–water partition coefficient (Wildman–Crippen LogP) is 5.58. The summed E-state index contributed by atoms with van der Waals surface area (Å²) in [5.74, 6) is -0.406. The minimum absolute atomic E-state index is 0.0166. The van der Waals surface area contributed by atoms with Gasteiger partial charge in [0.15, 0.2) is 10.9 Å². The number of nitrogens with one attached hydrogen (secondary N) is 1. The van der Waals surface area contributed by atoms with Crippen molar-refractivity contribution in [3.63, 3.8) is 0 Å². The molecule has 0 radical (unpaired) electrons. The normalized spacial score (nSPS) is 10.7. The van der Waals surface area contributed by atoms with Crippen LogP contribution in [0.4, 0.5) is 10.8 Å². The number of rotatable bonds is 8. The molecule has 1 N–H and O–H groups in total. The van der Waals surface area contributed by atoms with E-state index in [1.165, 1.54) is 16.9 Å². The number of esters is 1. The summed E-state index contributed by atoms with van der Waals surface area (Å²) in [7, 11) is 0. The van der Waals surface area contributed by atoms with Crippen molar-refractivity contribution in [2.75, 3.05) is 5.32 Å². The van der Waals surface area contributed by atoms with E-state index in [1.54, 1.807) is 11.3 Å². The molecule has 2 heterocycles. The molecule has 0 aliphatic heterocycles. The number of carbonyl (C=O) groups is 2. The lowest BCUT2D eigenvalue weighted by Crippen LogP contribution is -2.08. The average Bonchev–Trinajstić information content (AvgIpc) is 3.25. The second kappa shape index (κ2) is 9.12. The molecule has 1 aromatic carbocycles. The van der Waals surface area contributed by atoms with Gasteiger partial charge in [-0.2, -0.15) is 0 Å². The van der Waals surface area contributed by atoms with Gasteiger partial charge in [-0.1, -0.05) is 17.7 Å². The largest absolute Gasteiger partial charge is 0.459 e. The molecule has 0 spiro atoms. The number of benzene rings is 1. The summed E-state index contributed by atoms with van der Waals surface area (Å²) < 4.78 is 5.26.